The van der Waals surface area contributed by atoms with Gasteiger partial charge < -0.3 is 25.4 Å². The molecule has 0 amide bonds. The minimum Gasteiger partial charge on any atom is -0.372 e. The molecule has 0 bridgehead atoms. The van der Waals surface area contributed by atoms with Crippen molar-refractivity contribution in [2.75, 3.05) is 45.8 Å². The lowest BCUT2D eigenvalue weighted by Crippen LogP contribution is -2.47. The van der Waals surface area contributed by atoms with Crippen LogP contribution in [0.25, 0.3) is 0 Å². The zero-order valence-electron chi connectivity index (χ0n) is 23.1. The van der Waals surface area contributed by atoms with Gasteiger partial charge in [-0.05, 0) is 88.8 Å². The SMILES string of the molecule is c1c[nH]c(CC(CC2=NCCN2)NC2CCC(CN3CCC4(CCN(C5CCCCC5)CC4)C3)CC2)n1. The number of hydrogen-bond donors (Lipinski definition) is 3. The first kappa shape index (κ1) is 25.8. The summed E-state index contributed by atoms with van der Waals surface area (Å²) in [6.45, 7) is 8.73. The molecule has 2 saturated carbocycles. The molecular weight excluding hydrogens is 458 g/mol. The number of nitrogens with one attached hydrogen (secondary N) is 3. The third kappa shape index (κ3) is 6.77. The van der Waals surface area contributed by atoms with Gasteiger partial charge in [-0.3, -0.25) is 4.99 Å². The molecule has 7 heteroatoms. The Morgan fingerprint density at radius 2 is 1.78 bits per heavy atom. The summed E-state index contributed by atoms with van der Waals surface area (Å²) < 4.78 is 0. The minimum atomic E-state index is 0.398. The van der Waals surface area contributed by atoms with Crippen LogP contribution in [0.5, 0.6) is 0 Å². The van der Waals surface area contributed by atoms with E-state index in [2.05, 4.69) is 35.4 Å². The van der Waals surface area contributed by atoms with Gasteiger partial charge >= 0.3 is 0 Å². The smallest absolute Gasteiger partial charge is 0.107 e. The minimum absolute atomic E-state index is 0.398. The summed E-state index contributed by atoms with van der Waals surface area (Å²) in [5, 5.41) is 7.48. The van der Waals surface area contributed by atoms with E-state index in [1.807, 2.05) is 12.4 Å². The second-order valence-corrected chi connectivity index (χ2v) is 13.1. The fourth-order valence-electron chi connectivity index (χ4n) is 8.26. The van der Waals surface area contributed by atoms with Crippen molar-refractivity contribution in [2.45, 2.75) is 108 Å². The third-order valence-corrected chi connectivity index (χ3v) is 10.5. The highest BCUT2D eigenvalue weighted by molar-refractivity contribution is 5.84. The maximum absolute atomic E-state index is 4.66. The van der Waals surface area contributed by atoms with Crippen molar-refractivity contribution >= 4 is 5.84 Å². The summed E-state index contributed by atoms with van der Waals surface area (Å²) in [6.07, 6.45) is 22.8. The van der Waals surface area contributed by atoms with Gasteiger partial charge in [0.1, 0.15) is 5.82 Å². The number of piperidine rings is 1. The first-order valence-electron chi connectivity index (χ1n) is 15.7. The molecule has 2 aliphatic carbocycles. The second-order valence-electron chi connectivity index (χ2n) is 13.1. The second kappa shape index (κ2) is 12.2. The summed E-state index contributed by atoms with van der Waals surface area (Å²) in [5.74, 6) is 3.14. The Bertz CT molecular complexity index is 845. The zero-order valence-corrected chi connectivity index (χ0v) is 23.1. The van der Waals surface area contributed by atoms with E-state index in [1.165, 1.54) is 116 Å². The van der Waals surface area contributed by atoms with Gasteiger partial charge in [0, 0.05) is 63.0 Å². The summed E-state index contributed by atoms with van der Waals surface area (Å²) >= 11 is 0. The number of aromatic amines is 1. The Kier molecular flexibility index (Phi) is 8.49. The van der Waals surface area contributed by atoms with Gasteiger partial charge in [0.15, 0.2) is 0 Å². The van der Waals surface area contributed by atoms with Crippen LogP contribution in [0.3, 0.4) is 0 Å². The quantitative estimate of drug-likeness (QED) is 0.470. The van der Waals surface area contributed by atoms with Crippen molar-refractivity contribution in [1.82, 2.24) is 30.4 Å². The average molecular weight is 510 g/mol. The summed E-state index contributed by atoms with van der Waals surface area (Å²) in [5.41, 5.74) is 0.639. The number of likely N-dealkylation sites (tertiary alicyclic amines) is 2. The number of hydrogen-bond acceptors (Lipinski definition) is 6. The molecule has 3 aliphatic heterocycles. The lowest BCUT2D eigenvalue weighted by Gasteiger charge is -2.44. The summed E-state index contributed by atoms with van der Waals surface area (Å²) in [4.78, 5) is 18.2. The fourth-order valence-corrected chi connectivity index (χ4v) is 8.26. The van der Waals surface area contributed by atoms with Crippen LogP contribution in [0.15, 0.2) is 17.4 Å². The third-order valence-electron chi connectivity index (χ3n) is 10.5. The number of amidine groups is 1. The zero-order chi connectivity index (χ0) is 24.9. The van der Waals surface area contributed by atoms with Crippen molar-refractivity contribution in [3.63, 3.8) is 0 Å². The number of H-pyrrole nitrogens is 1. The Hall–Kier alpha value is -1.44. The normalized spacial score (nSPS) is 30.4. The van der Waals surface area contributed by atoms with E-state index in [9.17, 15) is 0 Å². The molecule has 1 aromatic heterocycles. The highest BCUT2D eigenvalue weighted by Gasteiger charge is 2.42. The van der Waals surface area contributed by atoms with E-state index in [0.717, 1.165) is 43.7 Å². The number of aliphatic imine (C=N–C) groups is 1. The number of nitrogens with zero attached hydrogens (tertiary/aromatic N) is 4. The number of rotatable bonds is 9. The van der Waals surface area contributed by atoms with Crippen LogP contribution in [0.4, 0.5) is 0 Å². The summed E-state index contributed by atoms with van der Waals surface area (Å²) in [6, 6.07) is 1.94. The summed E-state index contributed by atoms with van der Waals surface area (Å²) in [7, 11) is 0. The lowest BCUT2D eigenvalue weighted by atomic mass is 9.77. The first-order chi connectivity index (χ1) is 18.2. The highest BCUT2D eigenvalue weighted by Crippen LogP contribution is 2.42. The molecule has 0 aromatic carbocycles. The molecule has 1 atom stereocenters. The highest BCUT2D eigenvalue weighted by atomic mass is 15.2. The van der Waals surface area contributed by atoms with E-state index in [0.29, 0.717) is 17.5 Å². The van der Waals surface area contributed by atoms with Crippen molar-refractivity contribution in [3.05, 3.63) is 18.2 Å². The average Bonchev–Trinajstić information content (AvgIpc) is 3.71. The maximum Gasteiger partial charge on any atom is 0.107 e. The van der Waals surface area contributed by atoms with E-state index < -0.39 is 0 Å². The van der Waals surface area contributed by atoms with Crippen molar-refractivity contribution in [1.29, 1.82) is 0 Å². The Morgan fingerprint density at radius 1 is 0.973 bits per heavy atom. The predicted molar refractivity (Wildman–Crippen MR) is 151 cm³/mol. The van der Waals surface area contributed by atoms with Gasteiger partial charge in [-0.25, -0.2) is 4.98 Å². The van der Waals surface area contributed by atoms with Gasteiger partial charge in [0.2, 0.25) is 0 Å². The Morgan fingerprint density at radius 3 is 2.51 bits per heavy atom. The van der Waals surface area contributed by atoms with Gasteiger partial charge in [0.05, 0.1) is 12.4 Å². The van der Waals surface area contributed by atoms with Crippen LogP contribution in [0, 0.1) is 11.3 Å². The van der Waals surface area contributed by atoms with Crippen molar-refractivity contribution < 1.29 is 0 Å². The molecular formula is C30H51N7. The van der Waals surface area contributed by atoms with Gasteiger partial charge in [-0.15, -0.1) is 0 Å². The monoisotopic (exact) mass is 509 g/mol. The Labute approximate surface area is 224 Å². The van der Waals surface area contributed by atoms with Crippen LogP contribution in [-0.2, 0) is 6.42 Å². The van der Waals surface area contributed by atoms with E-state index in [-0.39, 0.29) is 0 Å². The van der Waals surface area contributed by atoms with Crippen LogP contribution in [0.2, 0.25) is 0 Å². The van der Waals surface area contributed by atoms with Crippen LogP contribution < -0.4 is 10.6 Å². The molecule has 3 N–H and O–H groups in total. The van der Waals surface area contributed by atoms with Crippen LogP contribution in [-0.4, -0.2) is 89.5 Å². The lowest BCUT2D eigenvalue weighted by molar-refractivity contribution is 0.0602. The largest absolute Gasteiger partial charge is 0.372 e. The van der Waals surface area contributed by atoms with E-state index in [1.54, 1.807) is 0 Å². The topological polar surface area (TPSA) is 71.6 Å². The van der Waals surface area contributed by atoms with E-state index in [4.69, 9.17) is 0 Å². The molecule has 5 aliphatic rings. The molecule has 7 nitrogen and oxygen atoms in total. The van der Waals surface area contributed by atoms with Crippen LogP contribution >= 0.6 is 0 Å². The van der Waals surface area contributed by atoms with E-state index >= 15 is 0 Å². The molecule has 2 saturated heterocycles. The standard InChI is InChI=1S/C30H51N7/c1-2-4-27(5-3-1)37-18-11-30(12-19-37)10-17-36(23-30)22-24-6-8-25(9-7-24)35-26(20-28-31-13-14-32-28)21-29-33-15-16-34-29/h13-14,24-27,35H,1-12,15-23H2,(H,31,32)(H,33,34). The molecule has 1 aromatic rings. The first-order valence-corrected chi connectivity index (χ1v) is 15.7. The predicted octanol–water partition coefficient (Wildman–Crippen LogP) is 3.98. The number of imidazole rings is 1. The molecule has 1 spiro atoms. The van der Waals surface area contributed by atoms with Gasteiger partial charge in [-0.2, -0.15) is 0 Å². The molecule has 4 heterocycles. The van der Waals surface area contributed by atoms with Crippen LogP contribution in [0.1, 0.15) is 89.3 Å². The van der Waals surface area contributed by atoms with Crippen molar-refractivity contribution in [2.24, 2.45) is 16.3 Å². The Balaban J connectivity index is 0.931. The number of aromatic nitrogens is 2. The molecule has 1 unspecified atom stereocenters. The fraction of sp³-hybridized carbons (Fsp3) is 0.867. The maximum atomic E-state index is 4.66. The van der Waals surface area contributed by atoms with Crippen molar-refractivity contribution in [3.8, 4) is 0 Å². The van der Waals surface area contributed by atoms with Gasteiger partial charge in [-0.1, -0.05) is 19.3 Å². The molecule has 4 fully saturated rings. The molecule has 37 heavy (non-hydrogen) atoms. The molecule has 0 radical (unpaired) electrons. The van der Waals surface area contributed by atoms with Gasteiger partial charge in [0.25, 0.3) is 0 Å². The molecule has 206 valence electrons. The molecule has 6 rings (SSSR count).